The summed E-state index contributed by atoms with van der Waals surface area (Å²) in [6.45, 7) is 12.2. The molecule has 0 spiro atoms. The number of carbonyl (C=O) groups excluding carboxylic acids is 8. The summed E-state index contributed by atoms with van der Waals surface area (Å²) in [6, 6.07) is -0.908. The zero-order valence-corrected chi connectivity index (χ0v) is 44.6. The summed E-state index contributed by atoms with van der Waals surface area (Å²) in [6.07, 6.45) is 5.52. The first-order chi connectivity index (χ1) is 35.5. The number of carbonyl (C=O) groups is 8. The molecule has 0 aliphatic carbocycles. The van der Waals surface area contributed by atoms with E-state index < -0.39 is 89.7 Å². The fourth-order valence-electron chi connectivity index (χ4n) is 9.60. The second-order valence-corrected chi connectivity index (χ2v) is 20.7. The van der Waals surface area contributed by atoms with E-state index in [0.29, 0.717) is 58.0 Å². The first-order valence-electron chi connectivity index (χ1n) is 26.4. The summed E-state index contributed by atoms with van der Waals surface area (Å²) >= 11 is 0. The molecule has 2 aliphatic heterocycles. The monoisotopic (exact) mass is 1050 g/mol. The fraction of sp³-hybridized carbons (Fsp3) is 0.647. The Morgan fingerprint density at radius 3 is 1.75 bits per heavy atom. The number of aromatic amines is 1. The maximum absolute atomic E-state index is 14.7. The molecule has 2 aliphatic rings. The SMILES string of the molecule is CC[C@H](C)[C@H](NC(=O)[C@@H]1CCCN1C(=O)[C@@H](N)CCCN=C(N)N)C(=O)N[C@@H](CC(C)C)C(=O)N[C@@H](CC(C)C)C(=O)N1CCC[C@H]1C(=O)N[C@@H](Cc1c[nH]c2ccccc12)C(=O)N[C@@H](CCCN=C(N)N)C(N)=O. The normalized spacial score (nSPS) is 18.3. The van der Waals surface area contributed by atoms with Gasteiger partial charge in [-0.05, 0) is 93.6 Å². The number of rotatable bonds is 29. The minimum absolute atomic E-state index is 0.0232. The van der Waals surface area contributed by atoms with E-state index in [1.54, 1.807) is 13.1 Å². The molecule has 0 bridgehead atoms. The van der Waals surface area contributed by atoms with Gasteiger partial charge >= 0.3 is 0 Å². The van der Waals surface area contributed by atoms with E-state index in [4.69, 9.17) is 34.4 Å². The van der Waals surface area contributed by atoms with Crippen molar-refractivity contribution in [2.75, 3.05) is 26.2 Å². The second-order valence-electron chi connectivity index (χ2n) is 20.7. The van der Waals surface area contributed by atoms with E-state index >= 15 is 0 Å². The van der Waals surface area contributed by atoms with E-state index in [0.717, 1.165) is 16.5 Å². The maximum Gasteiger partial charge on any atom is 0.245 e. The van der Waals surface area contributed by atoms with E-state index in [2.05, 4.69) is 41.6 Å². The van der Waals surface area contributed by atoms with Gasteiger partial charge in [-0.1, -0.05) is 66.2 Å². The number of nitrogens with one attached hydrogen (secondary N) is 6. The number of fused-ring (bicyclic) bond motifs is 1. The predicted molar refractivity (Wildman–Crippen MR) is 286 cm³/mol. The van der Waals surface area contributed by atoms with Gasteiger partial charge in [0.15, 0.2) is 11.9 Å². The van der Waals surface area contributed by atoms with Crippen molar-refractivity contribution in [3.63, 3.8) is 0 Å². The van der Waals surface area contributed by atoms with E-state index in [1.807, 2.05) is 58.9 Å². The Kier molecular flexibility index (Phi) is 23.6. The largest absolute Gasteiger partial charge is 0.370 e. The van der Waals surface area contributed by atoms with Crippen molar-refractivity contribution in [3.8, 4) is 0 Å². The van der Waals surface area contributed by atoms with Gasteiger partial charge in [0.2, 0.25) is 47.3 Å². The number of hydrogen-bond acceptors (Lipinski definition) is 11. The van der Waals surface area contributed by atoms with E-state index in [9.17, 15) is 38.4 Å². The molecule has 0 unspecified atom stereocenters. The fourth-order valence-corrected chi connectivity index (χ4v) is 9.60. The van der Waals surface area contributed by atoms with Gasteiger partial charge in [-0.15, -0.1) is 0 Å². The van der Waals surface area contributed by atoms with Crippen molar-refractivity contribution < 1.29 is 38.4 Å². The van der Waals surface area contributed by atoms with Gasteiger partial charge in [-0.25, -0.2) is 0 Å². The van der Waals surface area contributed by atoms with Crippen LogP contribution in [-0.4, -0.2) is 148 Å². The van der Waals surface area contributed by atoms with Gasteiger partial charge in [0.05, 0.1) is 6.04 Å². The molecule has 75 heavy (non-hydrogen) atoms. The minimum Gasteiger partial charge on any atom is -0.370 e. The third kappa shape index (κ3) is 18.1. The number of para-hydroxylation sites is 1. The van der Waals surface area contributed by atoms with Crippen molar-refractivity contribution >= 4 is 70.1 Å². The quantitative estimate of drug-likeness (QED) is 0.0270. The highest BCUT2D eigenvalue weighted by Gasteiger charge is 2.42. The molecule has 0 saturated carbocycles. The number of benzene rings is 1. The molecule has 8 amide bonds. The highest BCUT2D eigenvalue weighted by molar-refractivity contribution is 5.98. The van der Waals surface area contributed by atoms with Crippen LogP contribution >= 0.6 is 0 Å². The summed E-state index contributed by atoms with van der Waals surface area (Å²) in [4.78, 5) is 126. The van der Waals surface area contributed by atoms with Crippen molar-refractivity contribution in [2.45, 2.75) is 167 Å². The third-order valence-corrected chi connectivity index (χ3v) is 13.8. The molecule has 2 fully saturated rings. The number of hydrogen-bond donors (Lipinski definition) is 12. The predicted octanol–water partition coefficient (Wildman–Crippen LogP) is -0.826. The van der Waals surface area contributed by atoms with Gasteiger partial charge in [-0.3, -0.25) is 48.3 Å². The molecular formula is C51H84N16O8. The van der Waals surface area contributed by atoms with Crippen LogP contribution in [0.4, 0.5) is 0 Å². The maximum atomic E-state index is 14.7. The zero-order valence-electron chi connectivity index (χ0n) is 44.6. The highest BCUT2D eigenvalue weighted by Crippen LogP contribution is 2.24. The van der Waals surface area contributed by atoms with Crippen LogP contribution in [0.1, 0.15) is 118 Å². The van der Waals surface area contributed by atoms with Crippen LogP contribution in [0.5, 0.6) is 0 Å². The van der Waals surface area contributed by atoms with Gasteiger partial charge in [0.1, 0.15) is 42.3 Å². The Hall–Kier alpha value is -6.98. The van der Waals surface area contributed by atoms with Crippen LogP contribution in [0.15, 0.2) is 40.4 Å². The highest BCUT2D eigenvalue weighted by atomic mass is 16.2. The summed E-state index contributed by atoms with van der Waals surface area (Å²) in [5, 5.41) is 15.1. The molecule has 1 aromatic heterocycles. The number of aliphatic imine (C=N–C) groups is 2. The van der Waals surface area contributed by atoms with Crippen molar-refractivity contribution in [1.82, 2.24) is 41.4 Å². The minimum atomic E-state index is -1.21. The van der Waals surface area contributed by atoms with Crippen molar-refractivity contribution in [1.29, 1.82) is 0 Å². The molecule has 416 valence electrons. The number of primary amides is 1. The van der Waals surface area contributed by atoms with Crippen LogP contribution < -0.4 is 61.0 Å². The lowest BCUT2D eigenvalue weighted by molar-refractivity contribution is -0.143. The van der Waals surface area contributed by atoms with Gasteiger partial charge in [0.25, 0.3) is 0 Å². The number of guanidine groups is 2. The van der Waals surface area contributed by atoms with Crippen LogP contribution in [-0.2, 0) is 44.8 Å². The third-order valence-electron chi connectivity index (χ3n) is 13.8. The molecule has 0 radical (unpaired) electrons. The zero-order chi connectivity index (χ0) is 55.5. The lowest BCUT2D eigenvalue weighted by Gasteiger charge is -2.32. The Bertz CT molecular complexity index is 2350. The van der Waals surface area contributed by atoms with Crippen LogP contribution in [0.2, 0.25) is 0 Å². The molecule has 9 atom stereocenters. The Morgan fingerprint density at radius 2 is 1.17 bits per heavy atom. The lowest BCUT2D eigenvalue weighted by Crippen LogP contribution is -2.61. The Balaban J connectivity index is 1.51. The number of likely N-dealkylation sites (tertiary alicyclic amines) is 2. The summed E-state index contributed by atoms with van der Waals surface area (Å²) in [5.74, 6) is -5.45. The number of amides is 8. The van der Waals surface area contributed by atoms with Crippen molar-refractivity contribution in [2.24, 2.45) is 62.1 Å². The van der Waals surface area contributed by atoms with Gasteiger partial charge in [-0.2, -0.15) is 0 Å². The second kappa shape index (κ2) is 29.2. The molecule has 24 heteroatoms. The number of nitrogens with two attached hydrogens (primary N) is 6. The Labute approximate surface area is 439 Å². The number of H-pyrrole nitrogens is 1. The van der Waals surface area contributed by atoms with E-state index in [1.165, 1.54) is 9.80 Å². The molecule has 24 nitrogen and oxygen atoms in total. The lowest BCUT2D eigenvalue weighted by atomic mass is 9.96. The van der Waals surface area contributed by atoms with Crippen LogP contribution in [0.25, 0.3) is 10.9 Å². The first-order valence-corrected chi connectivity index (χ1v) is 26.4. The average Bonchev–Trinajstić information content (AvgIpc) is 4.15. The summed E-state index contributed by atoms with van der Waals surface area (Å²) in [7, 11) is 0. The smallest absolute Gasteiger partial charge is 0.245 e. The number of nitrogens with zero attached hydrogens (tertiary/aromatic N) is 4. The summed E-state index contributed by atoms with van der Waals surface area (Å²) in [5.41, 5.74) is 35.2. The van der Waals surface area contributed by atoms with Crippen LogP contribution in [0, 0.1) is 17.8 Å². The molecule has 18 N–H and O–H groups in total. The number of aromatic nitrogens is 1. The standard InChI is InChI=1S/C51H84N16O8/c1-7-30(6)41(65-46(72)40-19-12-22-66(40)48(74)33(52)15-10-20-58-50(54)55)47(73)63-36(24-28(2)3)43(69)64-38(25-29(4)5)49(75)67-23-13-18-39(67)45(71)62-37(26-31-27-60-34-16-9-8-14-32(31)34)44(70)61-35(42(53)68)17-11-21-59-51(56)57/h8-9,14,16,27-30,33,35-41,60H,7,10-13,15,17-26,52H2,1-6H3,(H2,53,68)(H,61,70)(H,62,71)(H,63,73)(H,64,69)(H,65,72)(H4,54,55,58)(H4,56,57,59)/t30-,33-,35-,36-,37-,38-,39-,40-,41-/m0/s1. The molecular weight excluding hydrogens is 965 g/mol. The van der Waals surface area contributed by atoms with E-state index in [-0.39, 0.29) is 80.8 Å². The van der Waals surface area contributed by atoms with Gasteiger partial charge < -0.3 is 75.8 Å². The molecule has 3 heterocycles. The summed E-state index contributed by atoms with van der Waals surface area (Å²) < 4.78 is 0. The topological polar surface area (TPSA) is 400 Å². The molecule has 2 saturated heterocycles. The average molecular weight is 1050 g/mol. The molecule has 4 rings (SSSR count). The van der Waals surface area contributed by atoms with Crippen LogP contribution in [0.3, 0.4) is 0 Å². The Morgan fingerprint density at radius 1 is 0.653 bits per heavy atom. The van der Waals surface area contributed by atoms with Gasteiger partial charge in [0, 0.05) is 49.7 Å². The molecule has 1 aromatic carbocycles. The molecule has 2 aromatic rings. The van der Waals surface area contributed by atoms with Crippen molar-refractivity contribution in [3.05, 3.63) is 36.0 Å². The first kappa shape index (κ1) is 60.6.